The van der Waals surface area contributed by atoms with Gasteiger partial charge in [0.05, 0.1) is 23.2 Å². The van der Waals surface area contributed by atoms with E-state index in [1.54, 1.807) is 0 Å². The second kappa shape index (κ2) is 8.68. The van der Waals surface area contributed by atoms with Gasteiger partial charge in [0.25, 0.3) is 0 Å². The summed E-state index contributed by atoms with van der Waals surface area (Å²) in [5, 5.41) is 1.32. The number of morpholine rings is 1. The summed E-state index contributed by atoms with van der Waals surface area (Å²) < 4.78 is 7.89. The van der Waals surface area contributed by atoms with Gasteiger partial charge in [0.1, 0.15) is 6.54 Å². The highest BCUT2D eigenvalue weighted by molar-refractivity contribution is 5.94. The summed E-state index contributed by atoms with van der Waals surface area (Å²) in [6, 6.07) is 15.4. The minimum atomic E-state index is 0.0227. The SMILES string of the molecule is CC1CN(CC2CCCN2C(=O)Cn2c3ccccc3c(=O)c3ccccc32)CC(C)O1. The number of fused-ring (bicyclic) bond motifs is 2. The molecule has 6 heteroatoms. The third-order valence-electron chi connectivity index (χ3n) is 6.83. The Kier molecular flexibility index (Phi) is 5.74. The van der Waals surface area contributed by atoms with Gasteiger partial charge in [-0.2, -0.15) is 0 Å². The molecular formula is C26H31N3O3. The molecule has 2 aliphatic rings. The van der Waals surface area contributed by atoms with Gasteiger partial charge in [0.2, 0.25) is 5.91 Å². The molecule has 168 valence electrons. The van der Waals surface area contributed by atoms with Crippen LogP contribution in [0.25, 0.3) is 21.8 Å². The summed E-state index contributed by atoms with van der Waals surface area (Å²) >= 11 is 0. The summed E-state index contributed by atoms with van der Waals surface area (Å²) in [5.41, 5.74) is 1.65. The fraction of sp³-hybridized carbons (Fsp3) is 0.462. The van der Waals surface area contributed by atoms with Crippen LogP contribution in [0.15, 0.2) is 53.3 Å². The molecule has 2 saturated heterocycles. The molecule has 2 aliphatic heterocycles. The molecule has 0 saturated carbocycles. The van der Waals surface area contributed by atoms with Crippen molar-refractivity contribution in [3.63, 3.8) is 0 Å². The predicted molar refractivity (Wildman–Crippen MR) is 127 cm³/mol. The molecule has 6 nitrogen and oxygen atoms in total. The van der Waals surface area contributed by atoms with Crippen LogP contribution in [0.5, 0.6) is 0 Å². The molecule has 3 aromatic rings. The summed E-state index contributed by atoms with van der Waals surface area (Å²) in [5.74, 6) is 0.126. The Morgan fingerprint density at radius 2 is 1.56 bits per heavy atom. The Bertz CT molecular complexity index is 1130. The average Bonchev–Trinajstić information content (AvgIpc) is 3.24. The van der Waals surface area contributed by atoms with Gasteiger partial charge in [0, 0.05) is 43.0 Å². The number of amides is 1. The van der Waals surface area contributed by atoms with E-state index in [0.29, 0.717) is 10.8 Å². The zero-order chi connectivity index (χ0) is 22.2. The highest BCUT2D eigenvalue weighted by Crippen LogP contribution is 2.23. The molecule has 0 radical (unpaired) electrons. The van der Waals surface area contributed by atoms with Crippen LogP contribution in [0.1, 0.15) is 26.7 Å². The zero-order valence-corrected chi connectivity index (χ0v) is 18.9. The molecule has 2 aromatic carbocycles. The number of para-hydroxylation sites is 2. The van der Waals surface area contributed by atoms with Crippen molar-refractivity contribution in [2.45, 2.75) is 51.5 Å². The molecule has 0 spiro atoms. The first-order valence-corrected chi connectivity index (χ1v) is 11.7. The molecule has 0 bridgehead atoms. The van der Waals surface area contributed by atoms with Gasteiger partial charge >= 0.3 is 0 Å². The van der Waals surface area contributed by atoms with Crippen LogP contribution in [-0.2, 0) is 16.1 Å². The van der Waals surface area contributed by atoms with Crippen LogP contribution in [0, 0.1) is 0 Å². The Morgan fingerprint density at radius 1 is 0.969 bits per heavy atom. The number of aromatic nitrogens is 1. The van der Waals surface area contributed by atoms with E-state index >= 15 is 0 Å². The van der Waals surface area contributed by atoms with Crippen molar-refractivity contribution in [2.75, 3.05) is 26.2 Å². The van der Waals surface area contributed by atoms with Crippen molar-refractivity contribution in [1.29, 1.82) is 0 Å². The number of nitrogens with zero attached hydrogens (tertiary/aromatic N) is 3. The number of ether oxygens (including phenoxy) is 1. The number of hydrogen-bond donors (Lipinski definition) is 0. The Morgan fingerprint density at radius 3 is 2.19 bits per heavy atom. The first-order chi connectivity index (χ1) is 15.5. The number of hydrogen-bond acceptors (Lipinski definition) is 4. The number of carbonyl (C=O) groups excluding carboxylic acids is 1. The minimum absolute atomic E-state index is 0.0227. The lowest BCUT2D eigenvalue weighted by Crippen LogP contribution is -2.51. The van der Waals surface area contributed by atoms with Gasteiger partial charge < -0.3 is 14.2 Å². The largest absolute Gasteiger partial charge is 0.373 e. The number of carbonyl (C=O) groups is 1. The zero-order valence-electron chi connectivity index (χ0n) is 18.9. The number of rotatable bonds is 4. The fourth-order valence-corrected chi connectivity index (χ4v) is 5.56. The molecule has 0 N–H and O–H groups in total. The van der Waals surface area contributed by atoms with Crippen molar-refractivity contribution in [3.05, 3.63) is 58.8 Å². The molecule has 0 aliphatic carbocycles. The van der Waals surface area contributed by atoms with Gasteiger partial charge in [-0.15, -0.1) is 0 Å². The highest BCUT2D eigenvalue weighted by atomic mass is 16.5. The summed E-state index contributed by atoms with van der Waals surface area (Å²) in [6.07, 6.45) is 2.53. The van der Waals surface area contributed by atoms with E-state index in [0.717, 1.165) is 50.1 Å². The number of likely N-dealkylation sites (tertiary alicyclic amines) is 1. The first kappa shape index (κ1) is 21.2. The topological polar surface area (TPSA) is 54.8 Å². The average molecular weight is 434 g/mol. The monoisotopic (exact) mass is 433 g/mol. The van der Waals surface area contributed by atoms with Crippen molar-refractivity contribution in [2.24, 2.45) is 0 Å². The molecule has 1 aromatic heterocycles. The van der Waals surface area contributed by atoms with Crippen LogP contribution >= 0.6 is 0 Å². The van der Waals surface area contributed by atoms with Gasteiger partial charge in [-0.3, -0.25) is 14.5 Å². The lowest BCUT2D eigenvalue weighted by Gasteiger charge is -2.38. The standard InChI is InChI=1S/C26H31N3O3/c1-18-14-27(15-19(2)32-18)16-20-8-7-13-28(20)25(30)17-29-23-11-5-3-9-21(23)26(31)22-10-4-6-12-24(22)29/h3-6,9-12,18-20H,7-8,13-17H2,1-2H3. The second-order valence-corrected chi connectivity index (χ2v) is 9.31. The maximum Gasteiger partial charge on any atom is 0.242 e. The van der Waals surface area contributed by atoms with Crippen LogP contribution in [0.2, 0.25) is 0 Å². The number of benzene rings is 2. The van der Waals surface area contributed by atoms with Crippen molar-refractivity contribution < 1.29 is 9.53 Å². The Balaban J connectivity index is 1.43. The lowest BCUT2D eigenvalue weighted by molar-refractivity contribution is -0.133. The minimum Gasteiger partial charge on any atom is -0.373 e. The van der Waals surface area contributed by atoms with Gasteiger partial charge in [-0.1, -0.05) is 24.3 Å². The molecular weight excluding hydrogens is 402 g/mol. The van der Waals surface area contributed by atoms with Crippen LogP contribution in [0.3, 0.4) is 0 Å². The van der Waals surface area contributed by atoms with E-state index in [4.69, 9.17) is 4.74 Å². The summed E-state index contributed by atoms with van der Waals surface area (Å²) in [6.45, 7) is 8.01. The predicted octanol–water partition coefficient (Wildman–Crippen LogP) is 3.25. The fourth-order valence-electron chi connectivity index (χ4n) is 5.56. The van der Waals surface area contributed by atoms with Gasteiger partial charge in [-0.25, -0.2) is 0 Å². The summed E-state index contributed by atoms with van der Waals surface area (Å²) in [4.78, 5) is 31.0. The molecule has 3 unspecified atom stereocenters. The van der Waals surface area contributed by atoms with Crippen molar-refractivity contribution in [3.8, 4) is 0 Å². The maximum atomic E-state index is 13.6. The van der Waals surface area contributed by atoms with E-state index in [1.165, 1.54) is 0 Å². The maximum absolute atomic E-state index is 13.6. The molecule has 3 atom stereocenters. The van der Waals surface area contributed by atoms with E-state index in [2.05, 4.69) is 23.6 Å². The van der Waals surface area contributed by atoms with Crippen LogP contribution in [-0.4, -0.2) is 64.7 Å². The van der Waals surface area contributed by atoms with Crippen LogP contribution in [0.4, 0.5) is 0 Å². The molecule has 2 fully saturated rings. The molecule has 5 rings (SSSR count). The molecule has 32 heavy (non-hydrogen) atoms. The van der Waals surface area contributed by atoms with E-state index in [-0.39, 0.29) is 36.1 Å². The van der Waals surface area contributed by atoms with E-state index < -0.39 is 0 Å². The smallest absolute Gasteiger partial charge is 0.242 e. The second-order valence-electron chi connectivity index (χ2n) is 9.31. The third-order valence-corrected chi connectivity index (χ3v) is 6.83. The van der Waals surface area contributed by atoms with Gasteiger partial charge in [-0.05, 0) is 51.0 Å². The van der Waals surface area contributed by atoms with E-state index in [9.17, 15) is 9.59 Å². The van der Waals surface area contributed by atoms with Crippen molar-refractivity contribution in [1.82, 2.24) is 14.4 Å². The molecule has 3 heterocycles. The van der Waals surface area contributed by atoms with E-state index in [1.807, 2.05) is 53.1 Å². The lowest BCUT2D eigenvalue weighted by atomic mass is 10.1. The first-order valence-electron chi connectivity index (χ1n) is 11.7. The quantitative estimate of drug-likeness (QED) is 0.593. The van der Waals surface area contributed by atoms with Crippen LogP contribution < -0.4 is 5.43 Å². The third kappa shape index (κ3) is 3.93. The normalized spacial score (nSPS) is 24.4. The summed E-state index contributed by atoms with van der Waals surface area (Å²) in [7, 11) is 0. The molecule has 1 amide bonds. The Labute approximate surface area is 188 Å². The van der Waals surface area contributed by atoms with Gasteiger partial charge in [0.15, 0.2) is 5.43 Å². The number of pyridine rings is 1. The Hall–Kier alpha value is -2.70. The highest BCUT2D eigenvalue weighted by Gasteiger charge is 2.32. The van der Waals surface area contributed by atoms with Crippen molar-refractivity contribution >= 4 is 27.7 Å².